The van der Waals surface area contributed by atoms with Crippen LogP contribution in [0.15, 0.2) is 48.7 Å². The Morgan fingerprint density at radius 1 is 0.923 bits per heavy atom. The summed E-state index contributed by atoms with van der Waals surface area (Å²) in [5, 5.41) is 6.00. The maximum absolute atomic E-state index is 14.0. The van der Waals surface area contributed by atoms with Crippen molar-refractivity contribution in [3.05, 3.63) is 60.3 Å². The third-order valence-corrected chi connectivity index (χ3v) is 3.35. The lowest BCUT2D eigenvalue weighted by Gasteiger charge is -2.21. The highest BCUT2D eigenvalue weighted by Crippen LogP contribution is 2.25. The molecule has 0 saturated carbocycles. The van der Waals surface area contributed by atoms with Crippen molar-refractivity contribution in [3.63, 3.8) is 0 Å². The van der Waals surface area contributed by atoms with Gasteiger partial charge in [0.1, 0.15) is 5.82 Å². The summed E-state index contributed by atoms with van der Waals surface area (Å²) in [4.78, 5) is 13.1. The van der Waals surface area contributed by atoms with Gasteiger partial charge >= 0.3 is 0 Å². The van der Waals surface area contributed by atoms with E-state index < -0.39 is 11.6 Å². The van der Waals surface area contributed by atoms with Gasteiger partial charge < -0.3 is 10.6 Å². The minimum Gasteiger partial charge on any atom is -0.350 e. The molecule has 0 aliphatic carbocycles. The zero-order valence-electron chi connectivity index (χ0n) is 14.7. The molecule has 1 aromatic carbocycles. The van der Waals surface area contributed by atoms with Crippen molar-refractivity contribution in [2.75, 3.05) is 10.6 Å². The van der Waals surface area contributed by atoms with Gasteiger partial charge in [-0.1, -0.05) is 12.1 Å². The van der Waals surface area contributed by atoms with Crippen LogP contribution in [0.4, 0.5) is 26.2 Å². The lowest BCUT2D eigenvalue weighted by Crippen LogP contribution is -2.27. The van der Waals surface area contributed by atoms with E-state index in [4.69, 9.17) is 0 Å². The number of nitrogens with zero attached hydrogens (tertiary/aromatic N) is 3. The van der Waals surface area contributed by atoms with Crippen LogP contribution in [0.1, 0.15) is 20.8 Å². The molecule has 0 bridgehead atoms. The maximum atomic E-state index is 14.0. The Labute approximate surface area is 150 Å². The number of halogens is 2. The average molecular weight is 355 g/mol. The smallest absolute Gasteiger partial charge is 0.225 e. The summed E-state index contributed by atoms with van der Waals surface area (Å²) in [5.41, 5.74) is 0.933. The zero-order valence-corrected chi connectivity index (χ0v) is 14.7. The quantitative estimate of drug-likeness (QED) is 0.706. The fourth-order valence-corrected chi connectivity index (χ4v) is 2.29. The van der Waals surface area contributed by atoms with Gasteiger partial charge in [-0.05, 0) is 45.0 Å². The first kappa shape index (κ1) is 17.7. The van der Waals surface area contributed by atoms with Crippen LogP contribution in [-0.2, 0) is 0 Å². The minimum absolute atomic E-state index is 0.00243. The van der Waals surface area contributed by atoms with Crippen LogP contribution in [0.3, 0.4) is 0 Å². The van der Waals surface area contributed by atoms with Crippen LogP contribution < -0.4 is 10.6 Å². The largest absolute Gasteiger partial charge is 0.350 e. The van der Waals surface area contributed by atoms with E-state index in [9.17, 15) is 8.78 Å². The molecular weight excluding hydrogens is 336 g/mol. The number of pyridine rings is 1. The molecule has 0 spiro atoms. The van der Waals surface area contributed by atoms with Gasteiger partial charge in [0.2, 0.25) is 5.95 Å². The molecule has 3 rings (SSSR count). The average Bonchev–Trinajstić information content (AvgIpc) is 2.58. The molecule has 0 aliphatic heterocycles. The van der Waals surface area contributed by atoms with Crippen molar-refractivity contribution in [1.29, 1.82) is 0 Å². The van der Waals surface area contributed by atoms with Gasteiger partial charge in [-0.25, -0.2) is 13.8 Å². The molecule has 0 unspecified atom stereocenters. The van der Waals surface area contributed by atoms with Gasteiger partial charge in [0.05, 0.1) is 17.1 Å². The highest BCUT2D eigenvalue weighted by atomic mass is 19.2. The van der Waals surface area contributed by atoms with Crippen LogP contribution in [-0.4, -0.2) is 20.5 Å². The Hall–Kier alpha value is -3.09. The second-order valence-electron chi connectivity index (χ2n) is 6.78. The van der Waals surface area contributed by atoms with E-state index >= 15 is 0 Å². The topological polar surface area (TPSA) is 62.7 Å². The molecule has 2 aromatic heterocycles. The first-order valence-corrected chi connectivity index (χ1v) is 8.11. The monoisotopic (exact) mass is 355 g/mol. The maximum Gasteiger partial charge on any atom is 0.225 e. The molecular formula is C19H19F2N5. The van der Waals surface area contributed by atoms with Crippen LogP contribution in [0.25, 0.3) is 11.4 Å². The van der Waals surface area contributed by atoms with Crippen molar-refractivity contribution in [3.8, 4) is 11.4 Å². The Bertz CT molecular complexity index is 908. The van der Waals surface area contributed by atoms with Gasteiger partial charge in [-0.2, -0.15) is 4.98 Å². The lowest BCUT2D eigenvalue weighted by atomic mass is 10.1. The van der Waals surface area contributed by atoms with Gasteiger partial charge in [-0.15, -0.1) is 0 Å². The Kier molecular flexibility index (Phi) is 4.79. The number of nitrogens with one attached hydrogen (secondary N) is 2. The molecule has 0 fully saturated rings. The zero-order chi connectivity index (χ0) is 18.7. The van der Waals surface area contributed by atoms with Gasteiger partial charge in [0.15, 0.2) is 11.6 Å². The van der Waals surface area contributed by atoms with Crippen LogP contribution >= 0.6 is 0 Å². The summed E-state index contributed by atoms with van der Waals surface area (Å²) in [6, 6.07) is 11.0. The Morgan fingerprint density at radius 3 is 2.42 bits per heavy atom. The molecule has 5 nitrogen and oxygen atoms in total. The summed E-state index contributed by atoms with van der Waals surface area (Å²) in [5.74, 6) is -1.20. The normalized spacial score (nSPS) is 11.3. The number of anilines is 3. The molecule has 0 amide bonds. The van der Waals surface area contributed by atoms with Crippen molar-refractivity contribution >= 4 is 17.5 Å². The molecule has 2 N–H and O–H groups in total. The summed E-state index contributed by atoms with van der Waals surface area (Å²) in [6.45, 7) is 5.93. The van der Waals surface area contributed by atoms with Crippen LogP contribution in [0, 0.1) is 11.6 Å². The highest BCUT2D eigenvalue weighted by Gasteiger charge is 2.15. The van der Waals surface area contributed by atoms with Crippen molar-refractivity contribution in [2.45, 2.75) is 26.3 Å². The number of aromatic nitrogens is 3. The fourth-order valence-electron chi connectivity index (χ4n) is 2.29. The van der Waals surface area contributed by atoms with E-state index in [0.717, 1.165) is 6.07 Å². The van der Waals surface area contributed by atoms with E-state index in [2.05, 4.69) is 25.6 Å². The predicted molar refractivity (Wildman–Crippen MR) is 98.3 cm³/mol. The highest BCUT2D eigenvalue weighted by molar-refractivity contribution is 5.65. The summed E-state index contributed by atoms with van der Waals surface area (Å²) in [7, 11) is 0. The Morgan fingerprint density at radius 2 is 1.73 bits per heavy atom. The second kappa shape index (κ2) is 7.03. The molecule has 134 valence electrons. The fraction of sp³-hybridized carbons (Fsp3) is 0.211. The number of rotatable bonds is 4. The number of hydrogen-bond donors (Lipinski definition) is 2. The standard InChI is InChI=1S/C19H19F2N5/c1-19(2,3)26-18-24-15(13-8-4-5-10-22-13)11-16(25-18)23-14-9-6-7-12(20)17(14)21/h4-11H,1-3H3,(H2,23,24,25,26). The summed E-state index contributed by atoms with van der Waals surface area (Å²) >= 11 is 0. The molecule has 2 heterocycles. The Balaban J connectivity index is 2.03. The van der Waals surface area contributed by atoms with Crippen LogP contribution in [0.2, 0.25) is 0 Å². The van der Waals surface area contributed by atoms with Gasteiger partial charge in [0.25, 0.3) is 0 Å². The summed E-state index contributed by atoms with van der Waals surface area (Å²) < 4.78 is 27.4. The summed E-state index contributed by atoms with van der Waals surface area (Å²) in [6.07, 6.45) is 1.66. The molecule has 3 aromatic rings. The van der Waals surface area contributed by atoms with Crippen molar-refractivity contribution < 1.29 is 8.78 Å². The van der Waals surface area contributed by atoms with E-state index in [0.29, 0.717) is 23.2 Å². The van der Waals surface area contributed by atoms with Crippen LogP contribution in [0.5, 0.6) is 0 Å². The van der Waals surface area contributed by atoms with E-state index in [1.807, 2.05) is 32.9 Å². The van der Waals surface area contributed by atoms with Gasteiger partial charge in [0, 0.05) is 17.8 Å². The van der Waals surface area contributed by atoms with E-state index in [-0.39, 0.29) is 11.2 Å². The predicted octanol–water partition coefficient (Wildman–Crippen LogP) is 4.77. The second-order valence-corrected chi connectivity index (χ2v) is 6.78. The molecule has 0 atom stereocenters. The molecule has 0 radical (unpaired) electrons. The molecule has 0 aliphatic rings. The molecule has 7 heteroatoms. The molecule has 0 saturated heterocycles. The minimum atomic E-state index is -0.962. The van der Waals surface area contributed by atoms with Gasteiger partial charge in [-0.3, -0.25) is 4.98 Å². The van der Waals surface area contributed by atoms with E-state index in [1.165, 1.54) is 12.1 Å². The first-order chi connectivity index (χ1) is 12.3. The lowest BCUT2D eigenvalue weighted by molar-refractivity contribution is 0.511. The SMILES string of the molecule is CC(C)(C)Nc1nc(Nc2cccc(F)c2F)cc(-c2ccccn2)n1. The number of benzene rings is 1. The number of hydrogen-bond acceptors (Lipinski definition) is 5. The third kappa shape index (κ3) is 4.30. The molecule has 26 heavy (non-hydrogen) atoms. The third-order valence-electron chi connectivity index (χ3n) is 3.35. The van der Waals surface area contributed by atoms with Crippen molar-refractivity contribution in [1.82, 2.24) is 15.0 Å². The van der Waals surface area contributed by atoms with Crippen molar-refractivity contribution in [2.24, 2.45) is 0 Å². The van der Waals surface area contributed by atoms with E-state index in [1.54, 1.807) is 18.3 Å². The first-order valence-electron chi connectivity index (χ1n) is 8.11.